The fourth-order valence-electron chi connectivity index (χ4n) is 2.77. The van der Waals surface area contributed by atoms with Crippen molar-refractivity contribution < 1.29 is 4.79 Å². The van der Waals surface area contributed by atoms with Gasteiger partial charge in [-0.25, -0.2) is 4.68 Å². The first-order valence-corrected chi connectivity index (χ1v) is 8.34. The first-order chi connectivity index (χ1) is 11.6. The van der Waals surface area contributed by atoms with Crippen molar-refractivity contribution in [3.8, 4) is 0 Å². The monoisotopic (exact) mass is 346 g/mol. The third-order valence-electron chi connectivity index (χ3n) is 4.14. The van der Waals surface area contributed by atoms with Gasteiger partial charge in [0.1, 0.15) is 5.69 Å². The van der Waals surface area contributed by atoms with Gasteiger partial charge in [-0.2, -0.15) is 5.10 Å². The molecule has 1 saturated heterocycles. The average Bonchev–Trinajstić information content (AvgIpc) is 2.62. The summed E-state index contributed by atoms with van der Waals surface area (Å²) in [7, 11) is 0. The summed E-state index contributed by atoms with van der Waals surface area (Å²) < 4.78 is 1.30. The van der Waals surface area contributed by atoms with E-state index < -0.39 is 0 Å². The molecule has 0 unspecified atom stereocenters. The molecule has 126 valence electrons. The minimum atomic E-state index is -0.193. The highest BCUT2D eigenvalue weighted by atomic mass is 35.5. The number of aryl methyl sites for hydroxylation is 1. The minimum absolute atomic E-state index is 0.132. The fourth-order valence-corrected chi connectivity index (χ4v) is 2.90. The molecule has 6 nitrogen and oxygen atoms in total. The van der Waals surface area contributed by atoms with Gasteiger partial charge in [0.25, 0.3) is 11.5 Å². The number of amides is 1. The Morgan fingerprint density at radius 2 is 1.75 bits per heavy atom. The van der Waals surface area contributed by atoms with E-state index in [-0.39, 0.29) is 11.5 Å². The summed E-state index contributed by atoms with van der Waals surface area (Å²) in [5.41, 5.74) is 1.22. The van der Waals surface area contributed by atoms with Crippen LogP contribution in [0.4, 0.5) is 5.69 Å². The highest BCUT2D eigenvalue weighted by molar-refractivity contribution is 6.30. The fraction of sp³-hybridized carbons (Fsp3) is 0.353. The Hall–Kier alpha value is -2.34. The van der Waals surface area contributed by atoms with E-state index in [2.05, 4.69) is 10.00 Å². The standard InChI is InChI=1S/C17H19ClN4O2/c1-2-22-16(23)8-7-15(19-22)17(24)21-11-9-20(10-12-21)14-5-3-13(18)4-6-14/h3-8H,2,9-12H2,1H3. The Labute approximate surface area is 145 Å². The lowest BCUT2D eigenvalue weighted by Crippen LogP contribution is -2.49. The second-order valence-electron chi connectivity index (χ2n) is 5.63. The van der Waals surface area contributed by atoms with Crippen LogP contribution in [0, 0.1) is 0 Å². The summed E-state index contributed by atoms with van der Waals surface area (Å²) in [6.45, 7) is 5.02. The van der Waals surface area contributed by atoms with Crippen LogP contribution >= 0.6 is 11.6 Å². The molecule has 24 heavy (non-hydrogen) atoms. The molecule has 1 aromatic carbocycles. The van der Waals surface area contributed by atoms with Crippen LogP contribution in [0.5, 0.6) is 0 Å². The lowest BCUT2D eigenvalue weighted by Gasteiger charge is -2.36. The van der Waals surface area contributed by atoms with Crippen LogP contribution in [0.1, 0.15) is 17.4 Å². The maximum absolute atomic E-state index is 12.6. The van der Waals surface area contributed by atoms with Crippen molar-refractivity contribution in [1.29, 1.82) is 0 Å². The number of carbonyl (C=O) groups is 1. The van der Waals surface area contributed by atoms with Crippen LogP contribution in [0.25, 0.3) is 0 Å². The zero-order chi connectivity index (χ0) is 17.1. The van der Waals surface area contributed by atoms with Crippen molar-refractivity contribution in [3.63, 3.8) is 0 Å². The largest absolute Gasteiger partial charge is 0.368 e. The number of hydrogen-bond acceptors (Lipinski definition) is 4. The van der Waals surface area contributed by atoms with Crippen molar-refractivity contribution in [2.45, 2.75) is 13.5 Å². The molecule has 0 spiro atoms. The summed E-state index contributed by atoms with van der Waals surface area (Å²) in [4.78, 5) is 28.2. The van der Waals surface area contributed by atoms with Gasteiger partial charge in [0.05, 0.1) is 0 Å². The predicted molar refractivity (Wildman–Crippen MR) is 93.7 cm³/mol. The topological polar surface area (TPSA) is 58.4 Å². The molecule has 1 aliphatic heterocycles. The van der Waals surface area contributed by atoms with Gasteiger partial charge in [0, 0.05) is 49.5 Å². The Morgan fingerprint density at radius 3 is 2.38 bits per heavy atom. The van der Waals surface area contributed by atoms with Gasteiger partial charge in [-0.1, -0.05) is 11.6 Å². The third kappa shape index (κ3) is 3.43. The Kier molecular flexibility index (Phi) is 4.85. The van der Waals surface area contributed by atoms with Crippen molar-refractivity contribution in [2.75, 3.05) is 31.1 Å². The number of benzene rings is 1. The van der Waals surface area contributed by atoms with Crippen molar-refractivity contribution in [2.24, 2.45) is 0 Å². The number of nitrogens with zero attached hydrogens (tertiary/aromatic N) is 4. The molecular weight excluding hydrogens is 328 g/mol. The van der Waals surface area contributed by atoms with Crippen LogP contribution < -0.4 is 10.5 Å². The highest BCUT2D eigenvalue weighted by Gasteiger charge is 2.23. The van der Waals surface area contributed by atoms with Gasteiger partial charge in [0.2, 0.25) is 0 Å². The number of hydrogen-bond donors (Lipinski definition) is 0. The van der Waals surface area contributed by atoms with E-state index in [1.54, 1.807) is 4.90 Å². The van der Waals surface area contributed by atoms with Gasteiger partial charge in [0.15, 0.2) is 0 Å². The Morgan fingerprint density at radius 1 is 1.08 bits per heavy atom. The van der Waals surface area contributed by atoms with E-state index >= 15 is 0 Å². The van der Waals surface area contributed by atoms with Gasteiger partial charge < -0.3 is 9.80 Å². The molecule has 3 rings (SSSR count). The summed E-state index contributed by atoms with van der Waals surface area (Å²) >= 11 is 5.92. The molecule has 0 atom stereocenters. The number of anilines is 1. The molecular formula is C17H19ClN4O2. The van der Waals surface area contributed by atoms with Crippen molar-refractivity contribution in [3.05, 3.63) is 57.5 Å². The van der Waals surface area contributed by atoms with E-state index in [0.717, 1.165) is 18.8 Å². The van der Waals surface area contributed by atoms with Gasteiger partial charge in [-0.3, -0.25) is 9.59 Å². The maximum atomic E-state index is 12.6. The van der Waals surface area contributed by atoms with Crippen molar-refractivity contribution >= 4 is 23.2 Å². The maximum Gasteiger partial charge on any atom is 0.274 e. The van der Waals surface area contributed by atoms with Crippen LogP contribution in [0.2, 0.25) is 5.02 Å². The number of carbonyl (C=O) groups excluding carboxylic acids is 1. The van der Waals surface area contributed by atoms with Crippen LogP contribution in [0.15, 0.2) is 41.2 Å². The van der Waals surface area contributed by atoms with E-state index in [0.29, 0.717) is 30.4 Å². The van der Waals surface area contributed by atoms with Crippen LogP contribution in [0.3, 0.4) is 0 Å². The second kappa shape index (κ2) is 7.05. The molecule has 2 aromatic rings. The number of piperazine rings is 1. The highest BCUT2D eigenvalue weighted by Crippen LogP contribution is 2.19. The lowest BCUT2D eigenvalue weighted by molar-refractivity contribution is 0.0738. The lowest BCUT2D eigenvalue weighted by atomic mass is 10.2. The Bertz CT molecular complexity index is 780. The average molecular weight is 347 g/mol. The third-order valence-corrected chi connectivity index (χ3v) is 4.40. The summed E-state index contributed by atoms with van der Waals surface area (Å²) in [6.07, 6.45) is 0. The van der Waals surface area contributed by atoms with E-state index in [1.165, 1.54) is 16.8 Å². The SMILES string of the molecule is CCn1nc(C(=O)N2CCN(c3ccc(Cl)cc3)CC2)ccc1=O. The van der Waals surface area contributed by atoms with Gasteiger partial charge >= 0.3 is 0 Å². The summed E-state index contributed by atoms with van der Waals surface area (Å²) in [5, 5.41) is 4.85. The van der Waals surface area contributed by atoms with E-state index in [9.17, 15) is 9.59 Å². The van der Waals surface area contributed by atoms with Crippen LogP contribution in [-0.2, 0) is 6.54 Å². The minimum Gasteiger partial charge on any atom is -0.368 e. The number of halogens is 1. The zero-order valence-electron chi connectivity index (χ0n) is 13.5. The zero-order valence-corrected chi connectivity index (χ0v) is 14.2. The van der Waals surface area contributed by atoms with Gasteiger partial charge in [-0.05, 0) is 37.3 Å². The molecule has 2 heterocycles. The molecule has 0 bridgehead atoms. The van der Waals surface area contributed by atoms with E-state index in [1.807, 2.05) is 31.2 Å². The smallest absolute Gasteiger partial charge is 0.274 e. The number of aromatic nitrogens is 2. The molecule has 1 aromatic heterocycles. The molecule has 1 fully saturated rings. The Balaban J connectivity index is 1.67. The molecule has 0 radical (unpaired) electrons. The van der Waals surface area contributed by atoms with Crippen molar-refractivity contribution in [1.82, 2.24) is 14.7 Å². The first-order valence-electron chi connectivity index (χ1n) is 7.96. The quantitative estimate of drug-likeness (QED) is 0.851. The molecule has 0 aliphatic carbocycles. The second-order valence-corrected chi connectivity index (χ2v) is 6.06. The number of rotatable bonds is 3. The summed E-state index contributed by atoms with van der Waals surface area (Å²) in [5.74, 6) is -0.132. The summed E-state index contributed by atoms with van der Waals surface area (Å²) in [6, 6.07) is 10.6. The predicted octanol–water partition coefficient (Wildman–Crippen LogP) is 1.88. The van der Waals surface area contributed by atoms with Crippen LogP contribution in [-0.4, -0.2) is 46.8 Å². The van der Waals surface area contributed by atoms with Gasteiger partial charge in [-0.15, -0.1) is 0 Å². The molecule has 0 saturated carbocycles. The molecule has 0 N–H and O–H groups in total. The first kappa shape index (κ1) is 16.5. The molecule has 7 heteroatoms. The molecule has 1 amide bonds. The normalized spacial score (nSPS) is 14.8. The molecule has 1 aliphatic rings. The van der Waals surface area contributed by atoms with E-state index in [4.69, 9.17) is 11.6 Å².